The van der Waals surface area contributed by atoms with Crippen LogP contribution < -0.4 is 5.32 Å². The van der Waals surface area contributed by atoms with Gasteiger partial charge in [-0.05, 0) is 68.6 Å². The number of esters is 1. The first-order valence-electron chi connectivity index (χ1n) is 10.0. The summed E-state index contributed by atoms with van der Waals surface area (Å²) in [5, 5.41) is 3.60. The topological polar surface area (TPSA) is 75.7 Å². The summed E-state index contributed by atoms with van der Waals surface area (Å²) in [5.41, 5.74) is 0.276. The van der Waals surface area contributed by atoms with Gasteiger partial charge in [0.25, 0.3) is 0 Å². The van der Waals surface area contributed by atoms with Crippen LogP contribution in [-0.2, 0) is 19.1 Å². The zero-order valence-corrected chi connectivity index (χ0v) is 16.7. The van der Waals surface area contributed by atoms with Crippen LogP contribution in [0.4, 0.5) is 0 Å². The van der Waals surface area contributed by atoms with Gasteiger partial charge in [-0.2, -0.15) is 0 Å². The van der Waals surface area contributed by atoms with Gasteiger partial charge < -0.3 is 10.1 Å². The first kappa shape index (κ1) is 18.8. The standard InChI is InChI=1S/C20H28N2O4S/c1-2-26-19(25)6-18-22(17(24)11-27-18)10-16(23)21-12-20-7-13-3-14(8-20)5-15(4-13)9-20/h6,13-15H,2-5,7-12H2,1H3,(H,21,23). The first-order chi connectivity index (χ1) is 13.0. The summed E-state index contributed by atoms with van der Waals surface area (Å²) < 4.78 is 4.91. The SMILES string of the molecule is CCOC(=O)C=C1SCC(=O)N1CC(=O)NCC12CC3CC(CC(C3)C1)C2. The van der Waals surface area contributed by atoms with Gasteiger partial charge in [-0.25, -0.2) is 4.79 Å². The monoisotopic (exact) mass is 392 g/mol. The van der Waals surface area contributed by atoms with Gasteiger partial charge in [0.05, 0.1) is 23.5 Å². The highest BCUT2D eigenvalue weighted by atomic mass is 32.2. The molecule has 4 bridgehead atoms. The number of amides is 2. The van der Waals surface area contributed by atoms with E-state index in [1.54, 1.807) is 6.92 Å². The van der Waals surface area contributed by atoms with E-state index in [0.29, 0.717) is 5.03 Å². The van der Waals surface area contributed by atoms with Gasteiger partial charge in [0, 0.05) is 6.54 Å². The molecule has 5 rings (SSSR count). The van der Waals surface area contributed by atoms with Crippen molar-refractivity contribution in [2.75, 3.05) is 25.4 Å². The van der Waals surface area contributed by atoms with E-state index in [1.165, 1.54) is 61.3 Å². The lowest BCUT2D eigenvalue weighted by atomic mass is 9.49. The molecule has 0 atom stereocenters. The minimum atomic E-state index is -0.478. The molecule has 0 unspecified atom stereocenters. The van der Waals surface area contributed by atoms with E-state index in [-0.39, 0.29) is 36.1 Å². The van der Waals surface area contributed by atoms with E-state index in [9.17, 15) is 14.4 Å². The Bertz CT molecular complexity index is 640. The third kappa shape index (κ3) is 4.03. The molecular weight excluding hydrogens is 364 g/mol. The van der Waals surface area contributed by atoms with Crippen LogP contribution in [0.3, 0.4) is 0 Å². The van der Waals surface area contributed by atoms with E-state index in [2.05, 4.69) is 5.32 Å². The number of hydrogen-bond donors (Lipinski definition) is 1. The maximum absolute atomic E-state index is 12.5. The Morgan fingerprint density at radius 3 is 2.44 bits per heavy atom. The number of ether oxygens (including phenoxy) is 1. The Balaban J connectivity index is 1.33. The second-order valence-electron chi connectivity index (χ2n) is 8.70. The van der Waals surface area contributed by atoms with Crippen molar-refractivity contribution in [1.82, 2.24) is 10.2 Å². The second kappa shape index (κ2) is 7.49. The van der Waals surface area contributed by atoms with Gasteiger partial charge in [0.2, 0.25) is 11.8 Å². The highest BCUT2D eigenvalue weighted by Gasteiger charge is 2.50. The molecule has 4 saturated carbocycles. The Morgan fingerprint density at radius 2 is 1.85 bits per heavy atom. The maximum atomic E-state index is 12.5. The van der Waals surface area contributed by atoms with Crippen LogP contribution in [0.25, 0.3) is 0 Å². The van der Waals surface area contributed by atoms with Crippen molar-refractivity contribution in [2.24, 2.45) is 23.2 Å². The van der Waals surface area contributed by atoms with Crippen molar-refractivity contribution in [2.45, 2.75) is 45.4 Å². The molecule has 5 fully saturated rings. The van der Waals surface area contributed by atoms with Gasteiger partial charge in [-0.1, -0.05) is 11.8 Å². The lowest BCUT2D eigenvalue weighted by molar-refractivity contribution is -0.137. The molecule has 0 aromatic rings. The second-order valence-corrected chi connectivity index (χ2v) is 9.69. The Hall–Kier alpha value is -1.50. The minimum Gasteiger partial charge on any atom is -0.463 e. The fraction of sp³-hybridized carbons (Fsp3) is 0.750. The van der Waals surface area contributed by atoms with Crippen LogP contribution in [0.15, 0.2) is 11.1 Å². The molecule has 1 aliphatic heterocycles. The fourth-order valence-corrected chi connectivity index (χ4v) is 6.91. The Kier molecular flexibility index (Phi) is 5.23. The molecule has 1 saturated heterocycles. The molecular formula is C20H28N2O4S. The number of thioether (sulfide) groups is 1. The van der Waals surface area contributed by atoms with Gasteiger partial charge in [0.1, 0.15) is 6.54 Å². The van der Waals surface area contributed by atoms with Crippen LogP contribution in [0, 0.1) is 23.2 Å². The quantitative estimate of drug-likeness (QED) is 0.554. The average molecular weight is 393 g/mol. The van der Waals surface area contributed by atoms with Crippen LogP contribution in [0.1, 0.15) is 45.4 Å². The number of carbonyl (C=O) groups is 3. The van der Waals surface area contributed by atoms with Crippen molar-refractivity contribution in [1.29, 1.82) is 0 Å². The number of carbonyl (C=O) groups excluding carboxylic acids is 3. The van der Waals surface area contributed by atoms with Crippen molar-refractivity contribution in [3.8, 4) is 0 Å². The molecule has 7 heteroatoms. The van der Waals surface area contributed by atoms with E-state index in [0.717, 1.165) is 24.3 Å². The molecule has 2 amide bonds. The number of nitrogens with zero attached hydrogens (tertiary/aromatic N) is 1. The van der Waals surface area contributed by atoms with Crippen LogP contribution in [0.5, 0.6) is 0 Å². The Morgan fingerprint density at radius 1 is 1.22 bits per heavy atom. The molecule has 0 aromatic carbocycles. The summed E-state index contributed by atoms with van der Waals surface area (Å²) in [6.07, 6.45) is 9.19. The summed E-state index contributed by atoms with van der Waals surface area (Å²) in [6.45, 7) is 2.72. The normalized spacial score (nSPS) is 35.7. The number of hydrogen-bond acceptors (Lipinski definition) is 5. The van der Waals surface area contributed by atoms with Crippen molar-refractivity contribution in [3.05, 3.63) is 11.1 Å². The smallest absolute Gasteiger partial charge is 0.333 e. The van der Waals surface area contributed by atoms with Crippen LogP contribution in [0.2, 0.25) is 0 Å². The van der Waals surface area contributed by atoms with Crippen LogP contribution in [-0.4, -0.2) is 48.1 Å². The van der Waals surface area contributed by atoms with Gasteiger partial charge >= 0.3 is 5.97 Å². The molecule has 6 nitrogen and oxygen atoms in total. The zero-order chi connectivity index (χ0) is 19.0. The number of rotatable bonds is 6. The summed E-state index contributed by atoms with van der Waals surface area (Å²) in [6, 6.07) is 0. The summed E-state index contributed by atoms with van der Waals surface area (Å²) >= 11 is 1.28. The van der Waals surface area contributed by atoms with Crippen LogP contribution >= 0.6 is 11.8 Å². The van der Waals surface area contributed by atoms with Gasteiger partial charge in [0.15, 0.2) is 0 Å². The molecule has 148 valence electrons. The summed E-state index contributed by atoms with van der Waals surface area (Å²) in [5.74, 6) is 2.05. The van der Waals surface area contributed by atoms with E-state index >= 15 is 0 Å². The molecule has 27 heavy (non-hydrogen) atoms. The fourth-order valence-electron chi connectivity index (χ4n) is 5.98. The van der Waals surface area contributed by atoms with Gasteiger partial charge in [-0.3, -0.25) is 14.5 Å². The van der Waals surface area contributed by atoms with E-state index < -0.39 is 5.97 Å². The highest BCUT2D eigenvalue weighted by molar-refractivity contribution is 8.04. The van der Waals surface area contributed by atoms with Crippen molar-refractivity contribution >= 4 is 29.5 Å². The largest absolute Gasteiger partial charge is 0.463 e. The third-order valence-corrected chi connectivity index (χ3v) is 7.59. The third-order valence-electron chi connectivity index (χ3n) is 6.57. The maximum Gasteiger partial charge on any atom is 0.333 e. The summed E-state index contributed by atoms with van der Waals surface area (Å²) in [7, 11) is 0. The molecule has 1 heterocycles. The Labute approximate surface area is 164 Å². The minimum absolute atomic E-state index is 0.0244. The molecule has 0 spiro atoms. The summed E-state index contributed by atoms with van der Waals surface area (Å²) in [4.78, 5) is 37.7. The predicted molar refractivity (Wildman–Crippen MR) is 103 cm³/mol. The van der Waals surface area contributed by atoms with Gasteiger partial charge in [-0.15, -0.1) is 0 Å². The molecule has 1 N–H and O–H groups in total. The predicted octanol–water partition coefficient (Wildman–Crippen LogP) is 2.30. The number of nitrogens with one attached hydrogen (secondary N) is 1. The van der Waals surface area contributed by atoms with E-state index in [1.807, 2.05) is 0 Å². The first-order valence-corrected chi connectivity index (χ1v) is 11.0. The van der Waals surface area contributed by atoms with E-state index in [4.69, 9.17) is 4.74 Å². The zero-order valence-electron chi connectivity index (χ0n) is 15.9. The van der Waals surface area contributed by atoms with Crippen molar-refractivity contribution < 1.29 is 19.1 Å². The molecule has 5 aliphatic rings. The highest BCUT2D eigenvalue weighted by Crippen LogP contribution is 2.59. The lowest BCUT2D eigenvalue weighted by Gasteiger charge is -2.56. The molecule has 0 aromatic heterocycles. The van der Waals surface area contributed by atoms with Crippen molar-refractivity contribution in [3.63, 3.8) is 0 Å². The molecule has 4 aliphatic carbocycles. The lowest BCUT2D eigenvalue weighted by Crippen LogP contribution is -2.52. The molecule has 0 radical (unpaired) electrons. The average Bonchev–Trinajstić information content (AvgIpc) is 2.92.